The number of hydrogen-bond acceptors (Lipinski definition) is 4. The van der Waals surface area contributed by atoms with E-state index in [1.807, 2.05) is 36.2 Å². The topological polar surface area (TPSA) is 76.4 Å². The monoisotopic (exact) mass is 279 g/mol. The SMILES string of the molecule is CN(c1cccc(C#N)c1)c1ccc2c(c1)NC(=O)C2O. The van der Waals surface area contributed by atoms with E-state index in [1.165, 1.54) is 0 Å². The molecule has 0 bridgehead atoms. The van der Waals surface area contributed by atoms with Crippen LogP contribution in [0.2, 0.25) is 0 Å². The van der Waals surface area contributed by atoms with Gasteiger partial charge < -0.3 is 15.3 Å². The predicted octanol–water partition coefficient (Wildman–Crippen LogP) is 2.31. The summed E-state index contributed by atoms with van der Waals surface area (Å²) >= 11 is 0. The lowest BCUT2D eigenvalue weighted by Crippen LogP contribution is -2.10. The van der Waals surface area contributed by atoms with Crippen molar-refractivity contribution in [1.29, 1.82) is 5.26 Å². The summed E-state index contributed by atoms with van der Waals surface area (Å²) in [5, 5.41) is 21.3. The Morgan fingerprint density at radius 3 is 2.76 bits per heavy atom. The highest BCUT2D eigenvalue weighted by Gasteiger charge is 2.28. The van der Waals surface area contributed by atoms with Gasteiger partial charge >= 0.3 is 0 Å². The van der Waals surface area contributed by atoms with E-state index in [0.717, 1.165) is 11.4 Å². The maximum absolute atomic E-state index is 11.5. The van der Waals surface area contributed by atoms with E-state index >= 15 is 0 Å². The Bertz CT molecular complexity index is 764. The molecule has 1 heterocycles. The second-order valence-corrected chi connectivity index (χ2v) is 4.88. The van der Waals surface area contributed by atoms with Gasteiger partial charge in [-0.2, -0.15) is 5.26 Å². The van der Waals surface area contributed by atoms with Gasteiger partial charge in [0.1, 0.15) is 0 Å². The Labute approximate surface area is 122 Å². The van der Waals surface area contributed by atoms with E-state index < -0.39 is 12.0 Å². The van der Waals surface area contributed by atoms with Crippen LogP contribution in [0.25, 0.3) is 0 Å². The minimum atomic E-state index is -1.10. The first-order valence-corrected chi connectivity index (χ1v) is 6.47. The number of aliphatic hydroxyl groups excluding tert-OH is 1. The van der Waals surface area contributed by atoms with Gasteiger partial charge in [0, 0.05) is 29.7 Å². The molecule has 2 aromatic carbocycles. The van der Waals surface area contributed by atoms with Crippen molar-refractivity contribution in [1.82, 2.24) is 0 Å². The minimum absolute atomic E-state index is 0.406. The highest BCUT2D eigenvalue weighted by atomic mass is 16.3. The molecule has 1 amide bonds. The molecule has 5 nitrogen and oxygen atoms in total. The Hall–Kier alpha value is -2.84. The third-order valence-corrected chi connectivity index (χ3v) is 3.59. The summed E-state index contributed by atoms with van der Waals surface area (Å²) in [4.78, 5) is 13.4. The molecule has 104 valence electrons. The van der Waals surface area contributed by atoms with Gasteiger partial charge in [0.05, 0.1) is 11.6 Å². The van der Waals surface area contributed by atoms with Crippen LogP contribution in [-0.2, 0) is 4.79 Å². The summed E-state index contributed by atoms with van der Waals surface area (Å²) in [7, 11) is 1.88. The normalized spacial score (nSPS) is 16.0. The van der Waals surface area contributed by atoms with Crippen LogP contribution in [0.4, 0.5) is 17.1 Å². The standard InChI is InChI=1S/C16H13N3O2/c1-19(11-4-2-3-10(7-11)9-17)12-5-6-13-14(8-12)18-16(21)15(13)20/h2-8,15,20H,1H3,(H,18,21). The molecule has 1 unspecified atom stereocenters. The molecular formula is C16H13N3O2. The number of benzene rings is 2. The van der Waals surface area contributed by atoms with Crippen LogP contribution >= 0.6 is 0 Å². The molecule has 0 saturated heterocycles. The number of anilines is 3. The average Bonchev–Trinajstić information content (AvgIpc) is 2.81. The maximum atomic E-state index is 11.5. The molecule has 1 aliphatic rings. The number of hydrogen-bond donors (Lipinski definition) is 2. The van der Waals surface area contributed by atoms with E-state index in [-0.39, 0.29) is 0 Å². The van der Waals surface area contributed by atoms with Crippen LogP contribution in [0.1, 0.15) is 17.2 Å². The lowest BCUT2D eigenvalue weighted by molar-refractivity contribution is -0.123. The molecule has 2 N–H and O–H groups in total. The van der Waals surface area contributed by atoms with Crippen LogP contribution < -0.4 is 10.2 Å². The first kappa shape index (κ1) is 13.2. The zero-order valence-corrected chi connectivity index (χ0v) is 11.4. The van der Waals surface area contributed by atoms with Crippen molar-refractivity contribution in [2.24, 2.45) is 0 Å². The molecule has 0 fully saturated rings. The molecule has 1 atom stereocenters. The van der Waals surface area contributed by atoms with Gasteiger partial charge in [0.2, 0.25) is 0 Å². The quantitative estimate of drug-likeness (QED) is 0.884. The van der Waals surface area contributed by atoms with E-state index in [0.29, 0.717) is 16.8 Å². The molecule has 2 aromatic rings. The number of carbonyl (C=O) groups is 1. The molecule has 3 rings (SSSR count). The van der Waals surface area contributed by atoms with Crippen LogP contribution in [-0.4, -0.2) is 18.1 Å². The van der Waals surface area contributed by atoms with Gasteiger partial charge in [-0.25, -0.2) is 0 Å². The Balaban J connectivity index is 1.96. The molecule has 5 heteroatoms. The lowest BCUT2D eigenvalue weighted by Gasteiger charge is -2.20. The zero-order valence-electron chi connectivity index (χ0n) is 11.4. The fourth-order valence-electron chi connectivity index (χ4n) is 2.38. The van der Waals surface area contributed by atoms with Crippen LogP contribution in [0.5, 0.6) is 0 Å². The summed E-state index contributed by atoms with van der Waals surface area (Å²) in [6.45, 7) is 0. The number of nitriles is 1. The van der Waals surface area contributed by atoms with Crippen molar-refractivity contribution in [3.8, 4) is 6.07 Å². The summed E-state index contributed by atoms with van der Waals surface area (Å²) in [6.07, 6.45) is -1.10. The van der Waals surface area contributed by atoms with E-state index in [4.69, 9.17) is 5.26 Å². The van der Waals surface area contributed by atoms with Gasteiger partial charge in [-0.15, -0.1) is 0 Å². The molecule has 0 aliphatic carbocycles. The molecule has 0 aromatic heterocycles. The predicted molar refractivity (Wildman–Crippen MR) is 79.3 cm³/mol. The highest BCUT2D eigenvalue weighted by Crippen LogP contribution is 2.35. The summed E-state index contributed by atoms with van der Waals surface area (Å²) in [5.74, 6) is -0.406. The van der Waals surface area contributed by atoms with Crippen LogP contribution in [0.3, 0.4) is 0 Å². The van der Waals surface area contributed by atoms with Gasteiger partial charge in [0.15, 0.2) is 6.10 Å². The van der Waals surface area contributed by atoms with Gasteiger partial charge in [-0.05, 0) is 30.3 Å². The van der Waals surface area contributed by atoms with Crippen molar-refractivity contribution >= 4 is 23.0 Å². The number of nitrogens with zero attached hydrogens (tertiary/aromatic N) is 2. The number of amides is 1. The fraction of sp³-hybridized carbons (Fsp3) is 0.125. The highest BCUT2D eigenvalue weighted by molar-refractivity contribution is 6.02. The molecule has 21 heavy (non-hydrogen) atoms. The third kappa shape index (κ3) is 2.22. The van der Waals surface area contributed by atoms with E-state index in [9.17, 15) is 9.90 Å². The number of aliphatic hydroxyl groups is 1. The number of fused-ring (bicyclic) bond motifs is 1. The van der Waals surface area contributed by atoms with Crippen molar-refractivity contribution in [3.63, 3.8) is 0 Å². The van der Waals surface area contributed by atoms with Crippen LogP contribution in [0, 0.1) is 11.3 Å². The third-order valence-electron chi connectivity index (χ3n) is 3.59. The fourth-order valence-corrected chi connectivity index (χ4v) is 2.38. The van der Waals surface area contributed by atoms with Gasteiger partial charge in [-0.3, -0.25) is 4.79 Å². The molecule has 0 saturated carbocycles. The summed E-state index contributed by atoms with van der Waals surface area (Å²) in [6, 6.07) is 14.8. The summed E-state index contributed by atoms with van der Waals surface area (Å²) in [5.41, 5.74) is 3.53. The van der Waals surface area contributed by atoms with E-state index in [1.54, 1.807) is 18.2 Å². The first-order valence-electron chi connectivity index (χ1n) is 6.47. The molecule has 0 radical (unpaired) electrons. The Kier molecular flexibility index (Phi) is 3.09. The number of carbonyl (C=O) groups excluding carboxylic acids is 1. The zero-order chi connectivity index (χ0) is 15.0. The first-order chi connectivity index (χ1) is 10.1. The largest absolute Gasteiger partial charge is 0.378 e. The Morgan fingerprint density at radius 2 is 2.00 bits per heavy atom. The maximum Gasteiger partial charge on any atom is 0.257 e. The molecule has 1 aliphatic heterocycles. The smallest absolute Gasteiger partial charge is 0.257 e. The Morgan fingerprint density at radius 1 is 1.24 bits per heavy atom. The lowest BCUT2D eigenvalue weighted by atomic mass is 10.1. The van der Waals surface area contributed by atoms with Crippen molar-refractivity contribution in [2.45, 2.75) is 6.10 Å². The number of nitrogens with one attached hydrogen (secondary N) is 1. The second-order valence-electron chi connectivity index (χ2n) is 4.88. The van der Waals surface area contributed by atoms with Gasteiger partial charge in [0.25, 0.3) is 5.91 Å². The van der Waals surface area contributed by atoms with Crippen molar-refractivity contribution in [2.75, 3.05) is 17.3 Å². The number of rotatable bonds is 2. The molecular weight excluding hydrogens is 266 g/mol. The molecule has 0 spiro atoms. The van der Waals surface area contributed by atoms with E-state index in [2.05, 4.69) is 11.4 Å². The van der Waals surface area contributed by atoms with Crippen molar-refractivity contribution in [3.05, 3.63) is 53.6 Å². The van der Waals surface area contributed by atoms with Gasteiger partial charge in [-0.1, -0.05) is 12.1 Å². The summed E-state index contributed by atoms with van der Waals surface area (Å²) < 4.78 is 0. The average molecular weight is 279 g/mol. The van der Waals surface area contributed by atoms with Crippen LogP contribution in [0.15, 0.2) is 42.5 Å². The second kappa shape index (κ2) is 4.93. The minimum Gasteiger partial charge on any atom is -0.378 e. The van der Waals surface area contributed by atoms with Crippen molar-refractivity contribution < 1.29 is 9.90 Å².